The first-order chi connectivity index (χ1) is 9.00. The van der Waals surface area contributed by atoms with Crippen LogP contribution in [0.5, 0.6) is 0 Å². The van der Waals surface area contributed by atoms with Crippen LogP contribution in [0, 0.1) is 5.92 Å². The van der Waals surface area contributed by atoms with Crippen molar-refractivity contribution in [2.75, 3.05) is 7.05 Å². The number of hydrogen-bond acceptors (Lipinski definition) is 3. The number of nitrogens with zero attached hydrogens (tertiary/aromatic N) is 1. The smallest absolute Gasteiger partial charge is 0.345 e. The quantitative estimate of drug-likeness (QED) is 0.926. The molecule has 2 unspecified atom stereocenters. The molecule has 0 bridgehead atoms. The lowest BCUT2D eigenvalue weighted by Crippen LogP contribution is -2.42. The number of hydrogen-bond donors (Lipinski definition) is 1. The normalized spacial score (nSPS) is 23.1. The molecule has 1 aliphatic rings. The van der Waals surface area contributed by atoms with Gasteiger partial charge in [-0.2, -0.15) is 0 Å². The van der Waals surface area contributed by atoms with Crippen molar-refractivity contribution in [3.63, 3.8) is 0 Å². The van der Waals surface area contributed by atoms with Crippen LogP contribution >= 0.6 is 11.3 Å². The Labute approximate surface area is 117 Å². The SMILES string of the molecule is CC1CCCCC1N(C)C(=O)c1ccc(C(=O)O)s1. The number of carboxylic acid groups (broad SMARTS) is 1. The van der Waals surface area contributed by atoms with Crippen LogP contribution in [0.3, 0.4) is 0 Å². The van der Waals surface area contributed by atoms with E-state index in [1.165, 1.54) is 12.5 Å². The Balaban J connectivity index is 2.11. The van der Waals surface area contributed by atoms with Crippen molar-refractivity contribution in [3.8, 4) is 0 Å². The van der Waals surface area contributed by atoms with Gasteiger partial charge in [0.05, 0.1) is 4.88 Å². The fourth-order valence-corrected chi connectivity index (χ4v) is 3.59. The molecule has 1 saturated carbocycles. The van der Waals surface area contributed by atoms with Crippen molar-refractivity contribution in [2.45, 2.75) is 38.6 Å². The molecule has 1 heterocycles. The summed E-state index contributed by atoms with van der Waals surface area (Å²) in [6.45, 7) is 2.19. The van der Waals surface area contributed by atoms with E-state index in [2.05, 4.69) is 6.92 Å². The van der Waals surface area contributed by atoms with E-state index >= 15 is 0 Å². The number of carbonyl (C=O) groups excluding carboxylic acids is 1. The number of aromatic carboxylic acids is 1. The highest BCUT2D eigenvalue weighted by atomic mass is 32.1. The number of amides is 1. The Bertz CT molecular complexity index is 483. The maximum Gasteiger partial charge on any atom is 0.345 e. The molecule has 0 aliphatic heterocycles. The molecular weight excluding hydrogens is 262 g/mol. The summed E-state index contributed by atoms with van der Waals surface area (Å²) in [6.07, 6.45) is 4.60. The summed E-state index contributed by atoms with van der Waals surface area (Å²) in [6, 6.07) is 3.38. The van der Waals surface area contributed by atoms with Crippen LogP contribution in [0.15, 0.2) is 12.1 Å². The third-order valence-corrected chi connectivity index (χ3v) is 4.97. The lowest BCUT2D eigenvalue weighted by Gasteiger charge is -2.36. The van der Waals surface area contributed by atoms with Crippen LogP contribution in [0.25, 0.3) is 0 Å². The summed E-state index contributed by atoms with van der Waals surface area (Å²) in [4.78, 5) is 25.7. The lowest BCUT2D eigenvalue weighted by atomic mass is 9.85. The second-order valence-electron chi connectivity index (χ2n) is 5.21. The van der Waals surface area contributed by atoms with Gasteiger partial charge in [-0.15, -0.1) is 11.3 Å². The minimum atomic E-state index is -0.974. The van der Waals surface area contributed by atoms with Gasteiger partial charge in [-0.1, -0.05) is 19.8 Å². The maximum absolute atomic E-state index is 12.4. The summed E-state index contributed by atoms with van der Waals surface area (Å²) in [5, 5.41) is 8.89. The summed E-state index contributed by atoms with van der Waals surface area (Å²) >= 11 is 1.05. The van der Waals surface area contributed by atoms with Gasteiger partial charge in [0.2, 0.25) is 0 Å². The Morgan fingerprint density at radius 3 is 2.47 bits per heavy atom. The molecule has 1 aliphatic carbocycles. The molecule has 0 aromatic carbocycles. The van der Waals surface area contributed by atoms with E-state index in [0.29, 0.717) is 10.8 Å². The van der Waals surface area contributed by atoms with E-state index in [0.717, 1.165) is 30.6 Å². The lowest BCUT2D eigenvalue weighted by molar-refractivity contribution is 0.0633. The van der Waals surface area contributed by atoms with Crippen LogP contribution in [0.4, 0.5) is 0 Å². The zero-order chi connectivity index (χ0) is 14.0. The molecule has 104 valence electrons. The van der Waals surface area contributed by atoms with Crippen molar-refractivity contribution in [1.29, 1.82) is 0 Å². The van der Waals surface area contributed by atoms with Crippen LogP contribution in [0.2, 0.25) is 0 Å². The van der Waals surface area contributed by atoms with Crippen molar-refractivity contribution < 1.29 is 14.7 Å². The fourth-order valence-electron chi connectivity index (χ4n) is 2.76. The van der Waals surface area contributed by atoms with Gasteiger partial charge in [0.15, 0.2) is 0 Å². The minimum absolute atomic E-state index is 0.0590. The molecule has 1 N–H and O–H groups in total. The van der Waals surface area contributed by atoms with Gasteiger partial charge < -0.3 is 10.0 Å². The standard InChI is InChI=1S/C14H19NO3S/c1-9-5-3-4-6-10(9)15(2)13(16)11-7-8-12(19-11)14(17)18/h7-10H,3-6H2,1-2H3,(H,17,18). The molecule has 1 amide bonds. The van der Waals surface area contributed by atoms with E-state index in [1.54, 1.807) is 11.0 Å². The molecule has 19 heavy (non-hydrogen) atoms. The first kappa shape index (κ1) is 14.1. The number of carbonyl (C=O) groups is 2. The zero-order valence-corrected chi connectivity index (χ0v) is 12.1. The molecule has 0 spiro atoms. The second-order valence-corrected chi connectivity index (χ2v) is 6.30. The third kappa shape index (κ3) is 2.97. The molecule has 2 rings (SSSR count). The van der Waals surface area contributed by atoms with E-state index in [4.69, 9.17) is 5.11 Å². The van der Waals surface area contributed by atoms with Gasteiger partial charge in [0.25, 0.3) is 5.91 Å². The Morgan fingerprint density at radius 2 is 1.89 bits per heavy atom. The van der Waals surface area contributed by atoms with Crippen LogP contribution < -0.4 is 0 Å². The molecule has 1 fully saturated rings. The van der Waals surface area contributed by atoms with Gasteiger partial charge in [0, 0.05) is 13.1 Å². The monoisotopic (exact) mass is 281 g/mol. The van der Waals surface area contributed by atoms with Crippen LogP contribution in [0.1, 0.15) is 52.0 Å². The largest absolute Gasteiger partial charge is 0.477 e. The van der Waals surface area contributed by atoms with Gasteiger partial charge in [-0.25, -0.2) is 4.79 Å². The highest BCUT2D eigenvalue weighted by molar-refractivity contribution is 7.15. The highest BCUT2D eigenvalue weighted by Gasteiger charge is 2.29. The van der Waals surface area contributed by atoms with E-state index in [-0.39, 0.29) is 16.8 Å². The van der Waals surface area contributed by atoms with E-state index in [9.17, 15) is 9.59 Å². The highest BCUT2D eigenvalue weighted by Crippen LogP contribution is 2.29. The Kier molecular flexibility index (Phi) is 4.24. The number of rotatable bonds is 3. The molecule has 1 aromatic heterocycles. The average molecular weight is 281 g/mol. The minimum Gasteiger partial charge on any atom is -0.477 e. The average Bonchev–Trinajstić information content (AvgIpc) is 2.87. The molecule has 0 radical (unpaired) electrons. The van der Waals surface area contributed by atoms with Crippen molar-refractivity contribution in [1.82, 2.24) is 4.90 Å². The fraction of sp³-hybridized carbons (Fsp3) is 0.571. The maximum atomic E-state index is 12.4. The zero-order valence-electron chi connectivity index (χ0n) is 11.3. The van der Waals surface area contributed by atoms with Crippen LogP contribution in [-0.2, 0) is 0 Å². The topological polar surface area (TPSA) is 57.6 Å². The summed E-state index contributed by atoms with van der Waals surface area (Å²) in [5.41, 5.74) is 0. The van der Waals surface area contributed by atoms with Gasteiger partial charge in [0.1, 0.15) is 4.88 Å². The first-order valence-corrected chi connectivity index (χ1v) is 7.42. The molecule has 5 heteroatoms. The molecule has 4 nitrogen and oxygen atoms in total. The van der Waals surface area contributed by atoms with Crippen molar-refractivity contribution >= 4 is 23.2 Å². The molecule has 2 atom stereocenters. The van der Waals surface area contributed by atoms with Gasteiger partial charge >= 0.3 is 5.97 Å². The molecule has 0 saturated heterocycles. The number of thiophene rings is 1. The predicted octanol–water partition coefficient (Wildman–Crippen LogP) is 3.10. The van der Waals surface area contributed by atoms with Crippen molar-refractivity contribution in [3.05, 3.63) is 21.9 Å². The predicted molar refractivity (Wildman–Crippen MR) is 74.8 cm³/mol. The first-order valence-electron chi connectivity index (χ1n) is 6.61. The van der Waals surface area contributed by atoms with Gasteiger partial charge in [-0.3, -0.25) is 4.79 Å². The van der Waals surface area contributed by atoms with Gasteiger partial charge in [-0.05, 0) is 30.9 Å². The summed E-state index contributed by atoms with van der Waals surface area (Å²) < 4.78 is 0. The Morgan fingerprint density at radius 1 is 1.26 bits per heavy atom. The second kappa shape index (κ2) is 5.74. The molecule has 1 aromatic rings. The van der Waals surface area contributed by atoms with E-state index < -0.39 is 5.97 Å². The summed E-state index contributed by atoms with van der Waals surface area (Å²) in [7, 11) is 1.83. The summed E-state index contributed by atoms with van der Waals surface area (Å²) in [5.74, 6) is -0.518. The third-order valence-electron chi connectivity index (χ3n) is 3.91. The Hall–Kier alpha value is -1.36. The van der Waals surface area contributed by atoms with Crippen molar-refractivity contribution in [2.24, 2.45) is 5.92 Å². The number of carboxylic acids is 1. The van der Waals surface area contributed by atoms with Crippen LogP contribution in [-0.4, -0.2) is 35.0 Å². The molecular formula is C14H19NO3S. The van der Waals surface area contributed by atoms with E-state index in [1.807, 2.05) is 7.05 Å².